The molecular weight excluding hydrogens is 777 g/mol. The number of rotatable bonds is 19. The summed E-state index contributed by atoms with van der Waals surface area (Å²) in [7, 11) is -3.12. The van der Waals surface area contributed by atoms with Crippen LogP contribution in [-0.2, 0) is 48.3 Å². The van der Waals surface area contributed by atoms with Gasteiger partial charge in [0.05, 0.1) is 18.6 Å². The van der Waals surface area contributed by atoms with Gasteiger partial charge >= 0.3 is 12.1 Å². The Balaban J connectivity index is 1.30. The fourth-order valence-electron chi connectivity index (χ4n) is 6.56. The first-order valence-corrected chi connectivity index (χ1v) is 21.6. The molecule has 0 fully saturated rings. The maximum Gasteiger partial charge on any atom is 0.416 e. The number of aryl methyl sites for hydroxylation is 5. The van der Waals surface area contributed by atoms with Crippen molar-refractivity contribution in [3.05, 3.63) is 82.0 Å². The molecule has 59 heavy (non-hydrogen) atoms. The van der Waals surface area contributed by atoms with Crippen LogP contribution in [0.25, 0.3) is 0 Å². The largest absolute Gasteiger partial charge is 0.494 e. The van der Waals surface area contributed by atoms with Crippen LogP contribution in [0.4, 0.5) is 10.6 Å². The Morgan fingerprint density at radius 3 is 2.27 bits per heavy atom. The first-order valence-electron chi connectivity index (χ1n) is 20.1. The number of carbonyl (C=O) groups is 4. The predicted octanol–water partition coefficient (Wildman–Crippen LogP) is 4.69. The fraction of sp³-hybridized carbons (Fsp3) is 0.512. The Morgan fingerprint density at radius 1 is 0.932 bits per heavy atom. The first kappa shape index (κ1) is 46.6. The van der Waals surface area contributed by atoms with Gasteiger partial charge < -0.3 is 30.2 Å². The standard InChI is InChI=1S/C43H60N6O9S/c1-28(2)44-21-22-45-37(50)12-10-24-57-35-25-29(3)38(30(4)26-35)59(54,55)48-36(41(52)56-8)27-46-40(51)33-16-13-31(14-17-33)15-19-34-20-18-32-11-9-23-49(39(32)47-34)42(53)58-43(5,6)7/h13-14,16-18,20,25-26,28,36,44,48H,9-12,15,19,21-24,27H2,1-8H3,(H,45,50)(H,46,51)/t36-/m1/s1. The van der Waals surface area contributed by atoms with Crippen molar-refractivity contribution < 1.29 is 41.8 Å². The zero-order chi connectivity index (χ0) is 43.3. The van der Waals surface area contributed by atoms with Gasteiger partial charge in [0.1, 0.15) is 23.2 Å². The van der Waals surface area contributed by atoms with E-state index in [9.17, 15) is 27.6 Å². The van der Waals surface area contributed by atoms with E-state index in [2.05, 4.69) is 20.7 Å². The van der Waals surface area contributed by atoms with Crippen LogP contribution in [0.1, 0.15) is 92.2 Å². The molecule has 2 aromatic carbocycles. The lowest BCUT2D eigenvalue weighted by Crippen LogP contribution is -2.49. The summed E-state index contributed by atoms with van der Waals surface area (Å²) in [6.45, 7) is 14.5. The molecule has 16 heteroatoms. The lowest BCUT2D eigenvalue weighted by Gasteiger charge is -2.31. The molecule has 3 aromatic rings. The van der Waals surface area contributed by atoms with Crippen LogP contribution >= 0.6 is 0 Å². The molecule has 0 spiro atoms. The van der Waals surface area contributed by atoms with Crippen molar-refractivity contribution in [1.29, 1.82) is 0 Å². The quantitative estimate of drug-likeness (QED) is 0.0967. The summed E-state index contributed by atoms with van der Waals surface area (Å²) in [5.41, 5.74) is 3.27. The maximum atomic E-state index is 13.6. The van der Waals surface area contributed by atoms with Gasteiger partial charge in [-0.25, -0.2) is 18.2 Å². The minimum absolute atomic E-state index is 0.0268. The highest BCUT2D eigenvalue weighted by atomic mass is 32.2. The summed E-state index contributed by atoms with van der Waals surface area (Å²) in [6.07, 6.45) is 3.27. The zero-order valence-electron chi connectivity index (χ0n) is 35.5. The highest BCUT2D eigenvalue weighted by Crippen LogP contribution is 2.28. The number of nitrogens with one attached hydrogen (secondary N) is 4. The first-order chi connectivity index (χ1) is 27.9. The molecule has 1 aliphatic heterocycles. The van der Waals surface area contributed by atoms with Crippen LogP contribution in [0.3, 0.4) is 0 Å². The number of sulfonamides is 1. The fourth-order valence-corrected chi connectivity index (χ4v) is 8.20. The topological polar surface area (TPSA) is 194 Å². The normalized spacial score (nSPS) is 13.3. The Bertz CT molecular complexity index is 2030. The van der Waals surface area contributed by atoms with E-state index in [0.29, 0.717) is 79.6 Å². The minimum Gasteiger partial charge on any atom is -0.494 e. The number of nitrogens with zero attached hydrogens (tertiary/aromatic N) is 2. The van der Waals surface area contributed by atoms with E-state index in [1.54, 1.807) is 43.0 Å². The van der Waals surface area contributed by atoms with E-state index in [-0.39, 0.29) is 24.0 Å². The third-order valence-electron chi connectivity index (χ3n) is 9.37. The number of amides is 3. The van der Waals surface area contributed by atoms with Gasteiger partial charge in [0, 0.05) is 49.9 Å². The van der Waals surface area contributed by atoms with Crippen LogP contribution in [0.15, 0.2) is 53.4 Å². The Labute approximate surface area is 348 Å². The second kappa shape index (κ2) is 21.3. The van der Waals surface area contributed by atoms with Crippen molar-refractivity contribution in [2.75, 3.05) is 44.8 Å². The summed E-state index contributed by atoms with van der Waals surface area (Å²) in [5.74, 6) is -0.365. The number of methoxy groups -OCH3 is 1. The molecule has 0 aliphatic carbocycles. The van der Waals surface area contributed by atoms with Crippen molar-refractivity contribution >= 4 is 39.7 Å². The van der Waals surface area contributed by atoms with Gasteiger partial charge in [-0.15, -0.1) is 0 Å². The van der Waals surface area contributed by atoms with Crippen LogP contribution in [0.5, 0.6) is 5.75 Å². The second-order valence-electron chi connectivity index (χ2n) is 15.9. The van der Waals surface area contributed by atoms with Crippen molar-refractivity contribution in [2.45, 2.75) is 110 Å². The van der Waals surface area contributed by atoms with E-state index in [4.69, 9.17) is 19.2 Å². The average Bonchev–Trinajstić information content (AvgIpc) is 3.17. The number of benzene rings is 2. The zero-order valence-corrected chi connectivity index (χ0v) is 36.3. The molecule has 1 aromatic heterocycles. The lowest BCUT2D eigenvalue weighted by atomic mass is 10.0. The molecule has 1 aliphatic rings. The van der Waals surface area contributed by atoms with Crippen LogP contribution in [0, 0.1) is 13.8 Å². The summed E-state index contributed by atoms with van der Waals surface area (Å²) in [5, 5.41) is 8.73. The monoisotopic (exact) mass is 836 g/mol. The third kappa shape index (κ3) is 14.3. The predicted molar refractivity (Wildman–Crippen MR) is 225 cm³/mol. The molecule has 4 rings (SSSR count). The van der Waals surface area contributed by atoms with Crippen molar-refractivity contribution in [2.24, 2.45) is 0 Å². The van der Waals surface area contributed by atoms with Gasteiger partial charge in [0.15, 0.2) is 0 Å². The number of carbonyl (C=O) groups excluding carboxylic acids is 4. The number of esters is 1. The molecule has 0 saturated heterocycles. The molecule has 322 valence electrons. The van der Waals surface area contributed by atoms with Gasteiger partial charge in [-0.3, -0.25) is 19.3 Å². The smallest absolute Gasteiger partial charge is 0.416 e. The second-order valence-corrected chi connectivity index (χ2v) is 17.6. The Kier molecular flexibility index (Phi) is 16.8. The molecule has 2 heterocycles. The van der Waals surface area contributed by atoms with E-state index in [0.717, 1.165) is 36.8 Å². The number of fused-ring (bicyclic) bond motifs is 1. The molecule has 0 radical (unpaired) electrons. The Morgan fingerprint density at radius 2 is 1.63 bits per heavy atom. The number of hydrogen-bond acceptors (Lipinski definition) is 11. The molecule has 0 unspecified atom stereocenters. The summed E-state index contributed by atoms with van der Waals surface area (Å²) >= 11 is 0. The van der Waals surface area contributed by atoms with Crippen LogP contribution in [-0.4, -0.2) is 94.9 Å². The van der Waals surface area contributed by atoms with Gasteiger partial charge in [-0.1, -0.05) is 32.0 Å². The van der Waals surface area contributed by atoms with Gasteiger partial charge in [-0.2, -0.15) is 4.72 Å². The van der Waals surface area contributed by atoms with E-state index in [1.807, 2.05) is 58.9 Å². The summed E-state index contributed by atoms with van der Waals surface area (Å²) < 4.78 is 46.0. The summed E-state index contributed by atoms with van der Waals surface area (Å²) in [6, 6.07) is 13.0. The minimum atomic E-state index is -4.26. The van der Waals surface area contributed by atoms with Crippen LogP contribution in [0.2, 0.25) is 0 Å². The molecular formula is C43H60N6O9S. The van der Waals surface area contributed by atoms with Gasteiger partial charge in [0.2, 0.25) is 15.9 Å². The van der Waals surface area contributed by atoms with Gasteiger partial charge in [-0.05, 0) is 119 Å². The molecule has 15 nitrogen and oxygen atoms in total. The third-order valence-corrected chi connectivity index (χ3v) is 11.1. The van der Waals surface area contributed by atoms with Crippen molar-refractivity contribution in [1.82, 2.24) is 25.7 Å². The number of anilines is 1. The highest BCUT2D eigenvalue weighted by Gasteiger charge is 2.31. The molecule has 0 saturated carbocycles. The molecule has 3 amide bonds. The maximum absolute atomic E-state index is 13.6. The molecule has 0 bridgehead atoms. The highest BCUT2D eigenvalue weighted by molar-refractivity contribution is 7.89. The van der Waals surface area contributed by atoms with Crippen molar-refractivity contribution in [3.8, 4) is 5.75 Å². The average molecular weight is 837 g/mol. The summed E-state index contributed by atoms with van der Waals surface area (Å²) in [4.78, 5) is 57.2. The number of hydrogen-bond donors (Lipinski definition) is 4. The van der Waals surface area contributed by atoms with Crippen LogP contribution < -0.4 is 30.3 Å². The molecule has 4 N–H and O–H groups in total. The van der Waals surface area contributed by atoms with E-state index < -0.39 is 39.6 Å². The lowest BCUT2D eigenvalue weighted by molar-refractivity contribution is -0.142. The van der Waals surface area contributed by atoms with Crippen molar-refractivity contribution in [3.63, 3.8) is 0 Å². The Hall–Kier alpha value is -5.06. The molecule has 1 atom stereocenters. The SMILES string of the molecule is COC(=O)[C@@H](CNC(=O)c1ccc(CCc2ccc3c(n2)N(C(=O)OC(C)(C)C)CCC3)cc1)NS(=O)(=O)c1c(C)cc(OCCCC(=O)NCCNC(C)C)cc1C. The number of aromatic nitrogens is 1. The number of pyridine rings is 1. The van der Waals surface area contributed by atoms with Gasteiger partial charge in [0.25, 0.3) is 5.91 Å². The number of ether oxygens (including phenoxy) is 3. The van der Waals surface area contributed by atoms with E-state index in [1.165, 1.54) is 0 Å². The van der Waals surface area contributed by atoms with E-state index >= 15 is 0 Å².